The summed E-state index contributed by atoms with van der Waals surface area (Å²) in [5, 5.41) is 4.33. The fourth-order valence-electron chi connectivity index (χ4n) is 1.79. The molecule has 0 unspecified atom stereocenters. The highest BCUT2D eigenvalue weighted by Crippen LogP contribution is 2.27. The summed E-state index contributed by atoms with van der Waals surface area (Å²) in [4.78, 5) is 8.54. The number of nitrogens with one attached hydrogen (secondary N) is 1. The third-order valence-electron chi connectivity index (χ3n) is 2.67. The average Bonchev–Trinajstić information content (AvgIpc) is 2.42. The molecule has 2 aromatic carbocycles. The van der Waals surface area contributed by atoms with E-state index in [-0.39, 0.29) is 0 Å². The van der Waals surface area contributed by atoms with Crippen LogP contribution in [-0.4, -0.2) is 9.97 Å². The molecule has 0 spiro atoms. The van der Waals surface area contributed by atoms with Crippen LogP contribution in [0.15, 0.2) is 59.3 Å². The van der Waals surface area contributed by atoms with Crippen LogP contribution in [0.2, 0.25) is 0 Å². The van der Waals surface area contributed by atoms with Crippen molar-refractivity contribution in [2.45, 2.75) is 0 Å². The van der Waals surface area contributed by atoms with Crippen LogP contribution in [0.1, 0.15) is 0 Å². The van der Waals surface area contributed by atoms with Gasteiger partial charge in [0.2, 0.25) is 0 Å². The third kappa shape index (κ3) is 2.07. The second-order valence-corrected chi connectivity index (χ2v) is 4.70. The minimum Gasteiger partial charge on any atom is -0.339 e. The van der Waals surface area contributed by atoms with Crippen LogP contribution >= 0.6 is 15.9 Å². The van der Waals surface area contributed by atoms with Crippen molar-refractivity contribution in [3.63, 3.8) is 0 Å². The lowest BCUT2D eigenvalue weighted by Gasteiger charge is -2.09. The summed E-state index contributed by atoms with van der Waals surface area (Å²) < 4.78 is 1.01. The van der Waals surface area contributed by atoms with E-state index in [4.69, 9.17) is 0 Å². The zero-order chi connectivity index (χ0) is 12.4. The van der Waals surface area contributed by atoms with Gasteiger partial charge in [0, 0.05) is 9.86 Å². The van der Waals surface area contributed by atoms with Gasteiger partial charge in [0.25, 0.3) is 0 Å². The first-order chi connectivity index (χ1) is 8.84. The van der Waals surface area contributed by atoms with Gasteiger partial charge in [-0.25, -0.2) is 9.97 Å². The van der Waals surface area contributed by atoms with Crippen molar-refractivity contribution in [3.05, 3.63) is 59.3 Å². The molecule has 88 valence electrons. The second-order valence-electron chi connectivity index (χ2n) is 3.84. The summed E-state index contributed by atoms with van der Waals surface area (Å²) in [6.07, 6.45) is 1.57. The van der Waals surface area contributed by atoms with E-state index in [0.717, 1.165) is 26.9 Å². The number of fused-ring (bicyclic) bond motifs is 1. The molecule has 0 bridgehead atoms. The van der Waals surface area contributed by atoms with Gasteiger partial charge in [-0.15, -0.1) is 0 Å². The topological polar surface area (TPSA) is 37.8 Å². The Balaban J connectivity index is 2.08. The molecular formula is C14H10BrN3. The Morgan fingerprint density at radius 1 is 0.889 bits per heavy atom. The molecule has 3 rings (SSSR count). The van der Waals surface area contributed by atoms with Crippen LogP contribution in [0.25, 0.3) is 10.9 Å². The number of nitrogens with zero attached hydrogens (tertiary/aromatic N) is 2. The molecule has 1 heterocycles. The molecule has 0 saturated carbocycles. The summed E-state index contributed by atoms with van der Waals surface area (Å²) in [5.41, 5.74) is 1.92. The molecule has 0 saturated heterocycles. The minimum absolute atomic E-state index is 0.813. The summed E-state index contributed by atoms with van der Waals surface area (Å²) >= 11 is 3.51. The molecule has 1 aromatic heterocycles. The number of hydrogen-bond acceptors (Lipinski definition) is 3. The van der Waals surface area contributed by atoms with Gasteiger partial charge in [0.15, 0.2) is 0 Å². The lowest BCUT2D eigenvalue weighted by Crippen LogP contribution is -1.96. The first-order valence-corrected chi connectivity index (χ1v) is 6.35. The normalized spacial score (nSPS) is 10.5. The SMILES string of the molecule is Brc1ccccc1Nc1ncnc2ccccc12. The first-order valence-electron chi connectivity index (χ1n) is 5.56. The van der Waals surface area contributed by atoms with Gasteiger partial charge < -0.3 is 5.32 Å². The molecule has 0 amide bonds. The highest BCUT2D eigenvalue weighted by atomic mass is 79.9. The number of rotatable bonds is 2. The molecule has 18 heavy (non-hydrogen) atoms. The maximum atomic E-state index is 4.30. The molecule has 0 aliphatic carbocycles. The van der Waals surface area contributed by atoms with Crippen LogP contribution in [-0.2, 0) is 0 Å². The molecule has 3 nitrogen and oxygen atoms in total. The van der Waals surface area contributed by atoms with Crippen molar-refractivity contribution in [3.8, 4) is 0 Å². The molecule has 0 aliphatic heterocycles. The quantitative estimate of drug-likeness (QED) is 0.773. The third-order valence-corrected chi connectivity index (χ3v) is 3.36. The number of halogens is 1. The molecule has 3 aromatic rings. The highest BCUT2D eigenvalue weighted by Gasteiger charge is 2.04. The van der Waals surface area contributed by atoms with Crippen molar-refractivity contribution in [1.29, 1.82) is 0 Å². The zero-order valence-corrected chi connectivity index (χ0v) is 11.1. The van der Waals surface area contributed by atoms with E-state index in [1.165, 1.54) is 0 Å². The van der Waals surface area contributed by atoms with Crippen molar-refractivity contribution in [2.75, 3.05) is 5.32 Å². The van der Waals surface area contributed by atoms with Gasteiger partial charge in [-0.2, -0.15) is 0 Å². The van der Waals surface area contributed by atoms with Crippen LogP contribution in [0.5, 0.6) is 0 Å². The highest BCUT2D eigenvalue weighted by molar-refractivity contribution is 9.10. The predicted octanol–water partition coefficient (Wildman–Crippen LogP) is 4.14. The molecule has 1 N–H and O–H groups in total. The lowest BCUT2D eigenvalue weighted by molar-refractivity contribution is 1.22. The van der Waals surface area contributed by atoms with Crippen LogP contribution in [0, 0.1) is 0 Å². The second kappa shape index (κ2) is 4.74. The van der Waals surface area contributed by atoms with Crippen molar-refractivity contribution < 1.29 is 0 Å². The fourth-order valence-corrected chi connectivity index (χ4v) is 2.18. The van der Waals surface area contributed by atoms with Gasteiger partial charge in [-0.1, -0.05) is 24.3 Å². The van der Waals surface area contributed by atoms with Gasteiger partial charge in [0.1, 0.15) is 12.1 Å². The molecule has 0 radical (unpaired) electrons. The van der Waals surface area contributed by atoms with E-state index in [2.05, 4.69) is 31.2 Å². The average molecular weight is 300 g/mol. The largest absolute Gasteiger partial charge is 0.339 e. The monoisotopic (exact) mass is 299 g/mol. The van der Waals surface area contributed by atoms with E-state index < -0.39 is 0 Å². The lowest BCUT2D eigenvalue weighted by atomic mass is 10.2. The van der Waals surface area contributed by atoms with E-state index in [0.29, 0.717) is 0 Å². The summed E-state index contributed by atoms with van der Waals surface area (Å²) in [7, 11) is 0. The van der Waals surface area contributed by atoms with Gasteiger partial charge in [-0.3, -0.25) is 0 Å². The molecular weight excluding hydrogens is 290 g/mol. The minimum atomic E-state index is 0.813. The Labute approximate surface area is 113 Å². The first kappa shape index (κ1) is 11.2. The zero-order valence-electron chi connectivity index (χ0n) is 9.47. The summed E-state index contributed by atoms with van der Waals surface area (Å²) in [6, 6.07) is 15.9. The summed E-state index contributed by atoms with van der Waals surface area (Å²) in [6.45, 7) is 0. The maximum absolute atomic E-state index is 4.30. The number of anilines is 2. The van der Waals surface area contributed by atoms with E-state index in [1.807, 2.05) is 48.5 Å². The molecule has 0 aliphatic rings. The standard InChI is InChI=1S/C14H10BrN3/c15-11-6-2-4-8-13(11)18-14-10-5-1-3-7-12(10)16-9-17-14/h1-9H,(H,16,17,18). The van der Waals surface area contributed by atoms with Crippen LogP contribution in [0.3, 0.4) is 0 Å². The van der Waals surface area contributed by atoms with Gasteiger partial charge in [-0.05, 0) is 40.2 Å². The smallest absolute Gasteiger partial charge is 0.141 e. The summed E-state index contributed by atoms with van der Waals surface area (Å²) in [5.74, 6) is 0.813. The fraction of sp³-hybridized carbons (Fsp3) is 0. The van der Waals surface area contributed by atoms with Crippen molar-refractivity contribution in [2.24, 2.45) is 0 Å². The maximum Gasteiger partial charge on any atom is 0.141 e. The van der Waals surface area contributed by atoms with Gasteiger partial charge in [0.05, 0.1) is 11.2 Å². The van der Waals surface area contributed by atoms with Crippen LogP contribution in [0.4, 0.5) is 11.5 Å². The number of hydrogen-bond donors (Lipinski definition) is 1. The van der Waals surface area contributed by atoms with Gasteiger partial charge >= 0.3 is 0 Å². The Bertz CT molecular complexity index is 692. The Hall–Kier alpha value is -1.94. The molecule has 0 atom stereocenters. The number of para-hydroxylation sites is 2. The number of benzene rings is 2. The van der Waals surface area contributed by atoms with Crippen molar-refractivity contribution in [1.82, 2.24) is 9.97 Å². The van der Waals surface area contributed by atoms with Crippen LogP contribution < -0.4 is 5.32 Å². The van der Waals surface area contributed by atoms with E-state index >= 15 is 0 Å². The van der Waals surface area contributed by atoms with Crippen molar-refractivity contribution >= 4 is 38.3 Å². The van der Waals surface area contributed by atoms with E-state index in [9.17, 15) is 0 Å². The Morgan fingerprint density at radius 3 is 2.56 bits per heavy atom. The van der Waals surface area contributed by atoms with E-state index in [1.54, 1.807) is 6.33 Å². The Kier molecular flexibility index (Phi) is 2.94. The molecule has 0 fully saturated rings. The molecule has 4 heteroatoms. The Morgan fingerprint density at radius 2 is 1.67 bits per heavy atom. The number of aromatic nitrogens is 2. The predicted molar refractivity (Wildman–Crippen MR) is 77.0 cm³/mol.